The van der Waals surface area contributed by atoms with Crippen LogP contribution in [0.1, 0.15) is 13.8 Å². The van der Waals surface area contributed by atoms with E-state index < -0.39 is 22.1 Å². The van der Waals surface area contributed by atoms with Gasteiger partial charge in [0.05, 0.1) is 5.92 Å². The Bertz CT molecular complexity index is 311. The van der Waals surface area contributed by atoms with E-state index >= 15 is 0 Å². The molecule has 0 heterocycles. The van der Waals surface area contributed by atoms with Gasteiger partial charge in [0.2, 0.25) is 0 Å². The molecule has 0 aromatic heterocycles. The van der Waals surface area contributed by atoms with Gasteiger partial charge in [0, 0.05) is 20.6 Å². The Hall–Kier alpha value is -0.660. The van der Waals surface area contributed by atoms with Crippen LogP contribution in [0.2, 0.25) is 0 Å². The molecule has 6 nitrogen and oxygen atoms in total. The topological polar surface area (TPSA) is 86.7 Å². The molecule has 15 heavy (non-hydrogen) atoms. The molecule has 0 aliphatic carbocycles. The summed E-state index contributed by atoms with van der Waals surface area (Å²) in [5.74, 6) is -1.82. The molecule has 0 radical (unpaired) electrons. The molecule has 0 saturated carbocycles. The lowest BCUT2D eigenvalue weighted by molar-refractivity contribution is -0.142. The van der Waals surface area contributed by atoms with Crippen LogP contribution in [0.5, 0.6) is 0 Å². The second-order valence-corrected chi connectivity index (χ2v) is 5.79. The third-order valence-electron chi connectivity index (χ3n) is 2.09. The average molecular weight is 238 g/mol. The number of carboxylic acids is 1. The number of hydrogen-bond acceptors (Lipinski definition) is 3. The van der Waals surface area contributed by atoms with Crippen LogP contribution < -0.4 is 4.72 Å². The molecule has 0 rings (SSSR count). The minimum atomic E-state index is -3.54. The molecule has 7 heteroatoms. The average Bonchev–Trinajstić information content (AvgIpc) is 2.02. The van der Waals surface area contributed by atoms with E-state index in [1.54, 1.807) is 13.8 Å². The Morgan fingerprint density at radius 2 is 1.87 bits per heavy atom. The van der Waals surface area contributed by atoms with Gasteiger partial charge in [0.25, 0.3) is 10.2 Å². The minimum absolute atomic E-state index is 0.0898. The summed E-state index contributed by atoms with van der Waals surface area (Å²) in [6, 6.07) is 0. The van der Waals surface area contributed by atoms with Crippen LogP contribution >= 0.6 is 0 Å². The molecule has 0 amide bonds. The van der Waals surface area contributed by atoms with Gasteiger partial charge in [0.1, 0.15) is 0 Å². The van der Waals surface area contributed by atoms with Crippen LogP contribution in [0.15, 0.2) is 0 Å². The molecule has 1 unspecified atom stereocenters. The van der Waals surface area contributed by atoms with Crippen LogP contribution in [-0.4, -0.2) is 44.4 Å². The van der Waals surface area contributed by atoms with Gasteiger partial charge in [-0.2, -0.15) is 12.7 Å². The first-order valence-electron chi connectivity index (χ1n) is 4.58. The highest BCUT2D eigenvalue weighted by Crippen LogP contribution is 2.10. The summed E-state index contributed by atoms with van der Waals surface area (Å²) < 4.78 is 25.8. The van der Waals surface area contributed by atoms with E-state index in [-0.39, 0.29) is 12.5 Å². The molecule has 0 saturated heterocycles. The van der Waals surface area contributed by atoms with Gasteiger partial charge in [-0.1, -0.05) is 13.8 Å². The number of carbonyl (C=O) groups is 1. The first-order valence-corrected chi connectivity index (χ1v) is 6.02. The van der Waals surface area contributed by atoms with Crippen molar-refractivity contribution in [2.45, 2.75) is 13.8 Å². The van der Waals surface area contributed by atoms with Gasteiger partial charge in [0.15, 0.2) is 0 Å². The van der Waals surface area contributed by atoms with Gasteiger partial charge < -0.3 is 5.11 Å². The maximum Gasteiger partial charge on any atom is 0.308 e. The Labute approximate surface area is 90.5 Å². The van der Waals surface area contributed by atoms with Crippen molar-refractivity contribution in [2.24, 2.45) is 11.8 Å². The standard InChI is InChI=1S/C8H18N2O4S/c1-6(2)7(8(11)12)5-9-15(13,14)10(3)4/h6-7,9H,5H2,1-4H3,(H,11,12). The number of hydrogen-bond donors (Lipinski definition) is 2. The van der Waals surface area contributed by atoms with Gasteiger partial charge in [-0.25, -0.2) is 4.72 Å². The van der Waals surface area contributed by atoms with Crippen molar-refractivity contribution >= 4 is 16.2 Å². The molecule has 0 fully saturated rings. The van der Waals surface area contributed by atoms with E-state index in [4.69, 9.17) is 5.11 Å². The molecule has 1 atom stereocenters. The highest BCUT2D eigenvalue weighted by molar-refractivity contribution is 7.87. The Balaban J connectivity index is 4.42. The van der Waals surface area contributed by atoms with Crippen molar-refractivity contribution in [1.82, 2.24) is 9.03 Å². The summed E-state index contributed by atoms with van der Waals surface area (Å²) in [5.41, 5.74) is 0. The lowest BCUT2D eigenvalue weighted by atomic mass is 9.97. The van der Waals surface area contributed by atoms with Crippen LogP contribution in [0.4, 0.5) is 0 Å². The van der Waals surface area contributed by atoms with E-state index in [0.717, 1.165) is 4.31 Å². The lowest BCUT2D eigenvalue weighted by Crippen LogP contribution is -2.41. The summed E-state index contributed by atoms with van der Waals surface area (Å²) in [4.78, 5) is 10.8. The molecule has 0 bridgehead atoms. The van der Waals surface area contributed by atoms with Crippen molar-refractivity contribution in [1.29, 1.82) is 0 Å². The van der Waals surface area contributed by atoms with E-state index in [1.165, 1.54) is 14.1 Å². The third kappa shape index (κ3) is 4.59. The van der Waals surface area contributed by atoms with Gasteiger partial charge in [-0.3, -0.25) is 4.79 Å². The number of nitrogens with zero attached hydrogens (tertiary/aromatic N) is 1. The summed E-state index contributed by atoms with van der Waals surface area (Å²) in [6.07, 6.45) is 0. The van der Waals surface area contributed by atoms with E-state index in [0.29, 0.717) is 0 Å². The summed E-state index contributed by atoms with van der Waals surface area (Å²) in [6.45, 7) is 3.39. The number of carboxylic acid groups (broad SMARTS) is 1. The van der Waals surface area contributed by atoms with E-state index in [2.05, 4.69) is 4.72 Å². The van der Waals surface area contributed by atoms with Crippen molar-refractivity contribution < 1.29 is 18.3 Å². The summed E-state index contributed by atoms with van der Waals surface area (Å²) in [7, 11) is -0.775. The van der Waals surface area contributed by atoms with Crippen molar-refractivity contribution in [2.75, 3.05) is 20.6 Å². The van der Waals surface area contributed by atoms with E-state index in [9.17, 15) is 13.2 Å². The zero-order valence-electron chi connectivity index (χ0n) is 9.39. The third-order valence-corrected chi connectivity index (χ3v) is 3.58. The highest BCUT2D eigenvalue weighted by Gasteiger charge is 2.24. The van der Waals surface area contributed by atoms with Crippen molar-refractivity contribution in [3.05, 3.63) is 0 Å². The first-order chi connectivity index (χ1) is 6.68. The van der Waals surface area contributed by atoms with Crippen LogP contribution in [0.3, 0.4) is 0 Å². The lowest BCUT2D eigenvalue weighted by Gasteiger charge is -2.18. The summed E-state index contributed by atoms with van der Waals surface area (Å²) in [5, 5.41) is 8.83. The smallest absolute Gasteiger partial charge is 0.308 e. The number of aliphatic carboxylic acids is 1. The Morgan fingerprint density at radius 1 is 1.40 bits per heavy atom. The van der Waals surface area contributed by atoms with Crippen molar-refractivity contribution in [3.8, 4) is 0 Å². The summed E-state index contributed by atoms with van der Waals surface area (Å²) >= 11 is 0. The predicted molar refractivity (Wildman–Crippen MR) is 56.6 cm³/mol. The van der Waals surface area contributed by atoms with Crippen LogP contribution in [-0.2, 0) is 15.0 Å². The SMILES string of the molecule is CC(C)C(CNS(=O)(=O)N(C)C)C(=O)O. The second kappa shape index (κ2) is 5.43. The van der Waals surface area contributed by atoms with Crippen LogP contribution in [0.25, 0.3) is 0 Å². The number of rotatable bonds is 6. The highest BCUT2D eigenvalue weighted by atomic mass is 32.2. The molecule has 0 aliphatic heterocycles. The molecule has 90 valence electrons. The largest absolute Gasteiger partial charge is 0.481 e. The monoisotopic (exact) mass is 238 g/mol. The fraction of sp³-hybridized carbons (Fsp3) is 0.875. The minimum Gasteiger partial charge on any atom is -0.481 e. The zero-order valence-corrected chi connectivity index (χ0v) is 10.2. The Morgan fingerprint density at radius 3 is 2.13 bits per heavy atom. The maximum absolute atomic E-state index is 11.3. The second-order valence-electron chi connectivity index (χ2n) is 3.82. The fourth-order valence-corrected chi connectivity index (χ4v) is 1.58. The Kier molecular flexibility index (Phi) is 5.19. The molecule has 0 aliphatic rings. The molecule has 2 N–H and O–H groups in total. The zero-order chi connectivity index (χ0) is 12.2. The van der Waals surface area contributed by atoms with E-state index in [1.807, 2.05) is 0 Å². The normalized spacial score (nSPS) is 14.5. The predicted octanol–water partition coefficient (Wildman–Crippen LogP) is -0.261. The van der Waals surface area contributed by atoms with Gasteiger partial charge >= 0.3 is 5.97 Å². The number of nitrogens with one attached hydrogen (secondary N) is 1. The molecule has 0 aromatic rings. The molecular formula is C8H18N2O4S. The molecule has 0 spiro atoms. The quantitative estimate of drug-likeness (QED) is 0.667. The molecular weight excluding hydrogens is 220 g/mol. The van der Waals surface area contributed by atoms with Gasteiger partial charge in [-0.15, -0.1) is 0 Å². The van der Waals surface area contributed by atoms with Crippen molar-refractivity contribution in [3.63, 3.8) is 0 Å². The first kappa shape index (κ1) is 14.3. The van der Waals surface area contributed by atoms with Gasteiger partial charge in [-0.05, 0) is 5.92 Å². The fourth-order valence-electron chi connectivity index (χ4n) is 0.932. The van der Waals surface area contributed by atoms with Crippen LogP contribution in [0, 0.1) is 11.8 Å². The molecule has 0 aromatic carbocycles. The maximum atomic E-state index is 11.3.